The lowest BCUT2D eigenvalue weighted by atomic mass is 10.1. The van der Waals surface area contributed by atoms with E-state index in [0.29, 0.717) is 0 Å². The van der Waals surface area contributed by atoms with Gasteiger partial charge in [0.15, 0.2) is 7.14 Å². The van der Waals surface area contributed by atoms with Gasteiger partial charge in [0, 0.05) is 28.0 Å². The number of rotatable bonds is 4. The normalized spacial score (nSPS) is 11.0. The minimum absolute atomic E-state index is 0.749. The SMILES string of the molecule is COc1[c]c2ccccc2cc1.O=P(c1[c]c2ccccc2cc1)(c1ccccc1)c1ccccc1. The maximum Gasteiger partial charge on any atom is 0.171 e. The van der Waals surface area contributed by atoms with Crippen LogP contribution in [-0.4, -0.2) is 7.11 Å². The third-order valence-electron chi connectivity index (χ3n) is 6.08. The fourth-order valence-electron chi connectivity index (χ4n) is 4.21. The van der Waals surface area contributed by atoms with Gasteiger partial charge in [-0.3, -0.25) is 0 Å². The van der Waals surface area contributed by atoms with Crippen molar-refractivity contribution in [1.82, 2.24) is 0 Å². The average Bonchev–Trinajstić information content (AvgIpc) is 2.97. The zero-order valence-corrected chi connectivity index (χ0v) is 20.9. The Morgan fingerprint density at radius 1 is 0.528 bits per heavy atom. The van der Waals surface area contributed by atoms with Crippen LogP contribution >= 0.6 is 7.14 Å². The first kappa shape index (κ1) is 23.6. The zero-order valence-electron chi connectivity index (χ0n) is 20.0. The summed E-state index contributed by atoms with van der Waals surface area (Å²) in [6.07, 6.45) is 0. The fourth-order valence-corrected chi connectivity index (χ4v) is 6.81. The Labute approximate surface area is 212 Å². The third-order valence-corrected chi connectivity index (χ3v) is 9.07. The van der Waals surface area contributed by atoms with Crippen LogP contribution in [0.25, 0.3) is 21.5 Å². The number of hydrogen-bond acceptors (Lipinski definition) is 2. The van der Waals surface area contributed by atoms with Gasteiger partial charge < -0.3 is 9.30 Å². The van der Waals surface area contributed by atoms with Crippen LogP contribution in [0.5, 0.6) is 5.75 Å². The number of fused-ring (bicyclic) bond motifs is 2. The van der Waals surface area contributed by atoms with Gasteiger partial charge >= 0.3 is 0 Å². The highest BCUT2D eigenvalue weighted by Gasteiger charge is 2.29. The van der Waals surface area contributed by atoms with Crippen molar-refractivity contribution in [3.8, 4) is 5.75 Å². The molecule has 0 heterocycles. The minimum atomic E-state index is -2.94. The van der Waals surface area contributed by atoms with Crippen molar-refractivity contribution >= 4 is 44.6 Å². The van der Waals surface area contributed by atoms with Crippen LogP contribution in [0.1, 0.15) is 0 Å². The molecule has 0 aliphatic rings. The lowest BCUT2D eigenvalue weighted by molar-refractivity contribution is 0.414. The Morgan fingerprint density at radius 2 is 1.00 bits per heavy atom. The summed E-state index contributed by atoms with van der Waals surface area (Å²) in [6, 6.07) is 50.0. The zero-order chi connectivity index (χ0) is 24.8. The summed E-state index contributed by atoms with van der Waals surface area (Å²) in [6.45, 7) is 0. The first-order valence-electron chi connectivity index (χ1n) is 11.8. The van der Waals surface area contributed by atoms with Gasteiger partial charge in [0.2, 0.25) is 0 Å². The van der Waals surface area contributed by atoms with Gasteiger partial charge in [-0.05, 0) is 33.7 Å². The summed E-state index contributed by atoms with van der Waals surface area (Å²) < 4.78 is 19.3. The second-order valence-corrected chi connectivity index (χ2v) is 11.1. The van der Waals surface area contributed by atoms with E-state index in [-0.39, 0.29) is 0 Å². The van der Waals surface area contributed by atoms with Gasteiger partial charge in [-0.25, -0.2) is 0 Å². The monoisotopic (exact) mass is 484 g/mol. The number of hydrogen-bond donors (Lipinski definition) is 0. The first-order valence-corrected chi connectivity index (χ1v) is 13.5. The Morgan fingerprint density at radius 3 is 1.56 bits per heavy atom. The molecule has 0 bridgehead atoms. The van der Waals surface area contributed by atoms with E-state index in [4.69, 9.17) is 4.74 Å². The van der Waals surface area contributed by atoms with Crippen molar-refractivity contribution in [2.24, 2.45) is 0 Å². The fraction of sp³-hybridized carbons (Fsp3) is 0.0303. The van der Waals surface area contributed by atoms with Crippen molar-refractivity contribution in [1.29, 1.82) is 0 Å². The maximum absolute atomic E-state index is 14.2. The summed E-state index contributed by atoms with van der Waals surface area (Å²) >= 11 is 0. The number of benzene rings is 6. The molecule has 6 aromatic carbocycles. The van der Waals surface area contributed by atoms with Gasteiger partial charge in [0.1, 0.15) is 5.75 Å². The molecule has 0 N–H and O–H groups in total. The van der Waals surface area contributed by atoms with Crippen LogP contribution < -0.4 is 20.7 Å². The predicted molar refractivity (Wildman–Crippen MR) is 152 cm³/mol. The van der Waals surface area contributed by atoms with Crippen molar-refractivity contribution in [3.63, 3.8) is 0 Å². The lowest BCUT2D eigenvalue weighted by Crippen LogP contribution is -2.25. The summed E-state index contributed by atoms with van der Waals surface area (Å²) in [7, 11) is -1.28. The van der Waals surface area contributed by atoms with E-state index < -0.39 is 7.14 Å². The van der Waals surface area contributed by atoms with Crippen LogP contribution in [0, 0.1) is 12.1 Å². The Kier molecular flexibility index (Phi) is 6.98. The highest BCUT2D eigenvalue weighted by atomic mass is 31.2. The van der Waals surface area contributed by atoms with Crippen LogP contribution in [0.15, 0.2) is 133 Å². The lowest BCUT2D eigenvalue weighted by Gasteiger charge is -2.20. The highest BCUT2D eigenvalue weighted by Crippen LogP contribution is 2.42. The maximum atomic E-state index is 14.2. The van der Waals surface area contributed by atoms with Gasteiger partial charge in [0.05, 0.1) is 7.11 Å². The van der Waals surface area contributed by atoms with E-state index >= 15 is 0 Å². The Balaban J connectivity index is 0.000000186. The van der Waals surface area contributed by atoms with Gasteiger partial charge in [-0.1, -0.05) is 121 Å². The van der Waals surface area contributed by atoms with Crippen LogP contribution in [0.2, 0.25) is 0 Å². The number of ether oxygens (including phenoxy) is 1. The quantitative estimate of drug-likeness (QED) is 0.254. The highest BCUT2D eigenvalue weighted by molar-refractivity contribution is 7.85. The van der Waals surface area contributed by atoms with Crippen molar-refractivity contribution in [2.75, 3.05) is 7.11 Å². The standard InChI is InChI=1S/C22H16OP.C11H9O/c23-24(20-11-3-1-4-12-20,21-13-5-2-6-14-21)22-16-15-18-9-7-8-10-19(18)17-22;1-12-11-7-6-9-4-2-3-5-10(9)8-11/h1-16H;2-7H,1H3. The van der Waals surface area contributed by atoms with E-state index in [1.54, 1.807) is 7.11 Å². The second kappa shape index (κ2) is 10.6. The molecule has 6 rings (SSSR count). The van der Waals surface area contributed by atoms with Gasteiger partial charge in [-0.2, -0.15) is 0 Å². The molecule has 36 heavy (non-hydrogen) atoms. The van der Waals surface area contributed by atoms with Gasteiger partial charge in [0.25, 0.3) is 0 Å². The molecule has 2 nitrogen and oxygen atoms in total. The first-order chi connectivity index (χ1) is 17.7. The van der Waals surface area contributed by atoms with Crippen LogP contribution in [-0.2, 0) is 4.57 Å². The van der Waals surface area contributed by atoms with E-state index in [0.717, 1.165) is 37.8 Å². The molecule has 0 saturated heterocycles. The molecule has 0 aliphatic carbocycles. The second-order valence-electron chi connectivity index (χ2n) is 8.33. The predicted octanol–water partition coefficient (Wildman–Crippen LogP) is 6.93. The molecule has 0 unspecified atom stereocenters. The molecule has 2 radical (unpaired) electrons. The Hall–Kier alpha value is -4.13. The minimum Gasteiger partial charge on any atom is -0.496 e. The topological polar surface area (TPSA) is 26.3 Å². The molecule has 0 spiro atoms. The third kappa shape index (κ3) is 4.82. The van der Waals surface area contributed by atoms with Crippen molar-refractivity contribution in [3.05, 3.63) is 146 Å². The van der Waals surface area contributed by atoms with Crippen LogP contribution in [0.3, 0.4) is 0 Å². The molecule has 0 saturated carbocycles. The van der Waals surface area contributed by atoms with E-state index in [9.17, 15) is 4.57 Å². The summed E-state index contributed by atoms with van der Waals surface area (Å²) in [5.74, 6) is 0.786. The molecule has 174 valence electrons. The number of methoxy groups -OCH3 is 1. The summed E-state index contributed by atoms with van der Waals surface area (Å²) in [5, 5.41) is 6.80. The smallest absolute Gasteiger partial charge is 0.171 e. The molecule has 0 aliphatic heterocycles. The largest absolute Gasteiger partial charge is 0.496 e. The van der Waals surface area contributed by atoms with E-state index in [1.165, 1.54) is 5.39 Å². The van der Waals surface area contributed by atoms with E-state index in [1.807, 2.05) is 127 Å². The molecular formula is C33H25O2P. The van der Waals surface area contributed by atoms with Gasteiger partial charge in [-0.15, -0.1) is 0 Å². The molecule has 0 amide bonds. The average molecular weight is 485 g/mol. The summed E-state index contributed by atoms with van der Waals surface area (Å²) in [4.78, 5) is 0. The molecule has 3 heteroatoms. The van der Waals surface area contributed by atoms with E-state index in [2.05, 4.69) is 18.2 Å². The van der Waals surface area contributed by atoms with Crippen molar-refractivity contribution in [2.45, 2.75) is 0 Å². The van der Waals surface area contributed by atoms with Crippen molar-refractivity contribution < 1.29 is 9.30 Å². The summed E-state index contributed by atoms with van der Waals surface area (Å²) in [5.41, 5.74) is 0. The molecular weight excluding hydrogens is 459 g/mol. The molecule has 0 aromatic heterocycles. The molecule has 0 fully saturated rings. The Bertz CT molecular complexity index is 1600. The molecule has 0 atom stereocenters. The van der Waals surface area contributed by atoms with Crippen LogP contribution in [0.4, 0.5) is 0 Å². The molecule has 6 aromatic rings.